The molecular formula is C20H37P5Se. The van der Waals surface area contributed by atoms with Gasteiger partial charge in [0.15, 0.2) is 0 Å². The topological polar surface area (TPSA) is 0 Å². The van der Waals surface area contributed by atoms with Crippen molar-refractivity contribution in [2.75, 3.05) is 0 Å². The molecule has 0 nitrogen and oxygen atoms in total. The Kier molecular flexibility index (Phi) is 4.22. The van der Waals surface area contributed by atoms with Crippen LogP contribution in [0.4, 0.5) is 0 Å². The second-order valence-corrected chi connectivity index (χ2v) is 32.6. The Hall–Kier alpha value is 2.41. The van der Waals surface area contributed by atoms with Gasteiger partial charge in [-0.25, -0.2) is 0 Å². The van der Waals surface area contributed by atoms with Crippen molar-refractivity contribution < 1.29 is 0 Å². The fourth-order valence-electron chi connectivity index (χ4n) is 6.48. The van der Waals surface area contributed by atoms with Crippen LogP contribution in [0.3, 0.4) is 0 Å². The van der Waals surface area contributed by atoms with Crippen molar-refractivity contribution in [3.63, 3.8) is 0 Å². The molecule has 4 fully saturated rings. The van der Waals surface area contributed by atoms with Gasteiger partial charge in [-0.2, -0.15) is 0 Å². The van der Waals surface area contributed by atoms with Crippen LogP contribution in [0.15, 0.2) is 0 Å². The van der Waals surface area contributed by atoms with E-state index < -0.39 is 5.95 Å². The van der Waals surface area contributed by atoms with Gasteiger partial charge in [0.2, 0.25) is 0 Å². The Bertz CT molecular complexity index is 733. The van der Waals surface area contributed by atoms with Crippen LogP contribution in [0.2, 0.25) is 0 Å². The van der Waals surface area contributed by atoms with Crippen LogP contribution in [0.1, 0.15) is 83.1 Å². The molecule has 7 atom stereocenters. The summed E-state index contributed by atoms with van der Waals surface area (Å²) in [7, 11) is 3.49. The van der Waals surface area contributed by atoms with Crippen molar-refractivity contribution in [2.24, 2.45) is 21.7 Å². The molecule has 0 N–H and O–H groups in total. The quantitative estimate of drug-likeness (QED) is 0.225. The van der Waals surface area contributed by atoms with Crippen LogP contribution in [0.25, 0.3) is 0 Å². The Balaban J connectivity index is 2.16. The van der Waals surface area contributed by atoms with Gasteiger partial charge in [0.25, 0.3) is 0 Å². The Morgan fingerprint density at radius 2 is 1.35 bits per heavy atom. The van der Waals surface area contributed by atoms with E-state index in [2.05, 4.69) is 98.7 Å². The summed E-state index contributed by atoms with van der Waals surface area (Å²) in [6.07, 6.45) is 0. The summed E-state index contributed by atoms with van der Waals surface area (Å²) in [5.74, 6) is -1.31. The second-order valence-electron chi connectivity index (χ2n) is 12.8. The van der Waals surface area contributed by atoms with Crippen LogP contribution in [-0.4, -0.2) is 35.0 Å². The van der Waals surface area contributed by atoms with Gasteiger partial charge in [0, 0.05) is 0 Å². The van der Waals surface area contributed by atoms with E-state index in [-0.39, 0.29) is 14.9 Å². The third-order valence-electron chi connectivity index (χ3n) is 7.12. The molecule has 5 aliphatic rings. The summed E-state index contributed by atoms with van der Waals surface area (Å²) in [4.78, 5) is 1.13. The van der Waals surface area contributed by atoms with Gasteiger partial charge >= 0.3 is 177 Å². The van der Waals surface area contributed by atoms with Crippen LogP contribution in [0, 0.1) is 21.7 Å². The van der Waals surface area contributed by atoms with Crippen molar-refractivity contribution >= 4 is 57.9 Å². The maximum absolute atomic E-state index is 4.18. The first-order chi connectivity index (χ1) is 11.3. The van der Waals surface area contributed by atoms with Crippen molar-refractivity contribution in [3.05, 3.63) is 0 Å². The van der Waals surface area contributed by atoms with E-state index in [9.17, 15) is 0 Å². The van der Waals surface area contributed by atoms with Gasteiger partial charge in [0.1, 0.15) is 0 Å². The number of rotatable bonds is 0. The van der Waals surface area contributed by atoms with Gasteiger partial charge in [-0.15, -0.1) is 0 Å². The monoisotopic (exact) mass is 512 g/mol. The molecule has 5 aliphatic heterocycles. The van der Waals surface area contributed by atoms with E-state index in [0.717, 1.165) is 0 Å². The molecule has 0 aromatic heterocycles. The van der Waals surface area contributed by atoms with Gasteiger partial charge in [-0.1, -0.05) is 0 Å². The maximum atomic E-state index is 4.18. The fraction of sp³-hybridized carbons (Fsp3) is 0.950. The summed E-state index contributed by atoms with van der Waals surface area (Å²) in [6.45, 7) is 31.1. The Morgan fingerprint density at radius 3 is 1.65 bits per heavy atom. The van der Waals surface area contributed by atoms with E-state index in [1.807, 2.05) is 5.03 Å². The summed E-state index contributed by atoms with van der Waals surface area (Å²) in [5, 5.41) is 1.98. The molecule has 0 amide bonds. The molecule has 5 rings (SSSR count). The van der Waals surface area contributed by atoms with E-state index in [0.29, 0.717) is 36.1 Å². The molecule has 6 bridgehead atoms. The molecule has 0 spiro atoms. The zero-order chi connectivity index (χ0) is 20.1. The van der Waals surface area contributed by atoms with Crippen LogP contribution in [0.5, 0.6) is 0 Å². The molecular weight excluding hydrogens is 474 g/mol. The van der Waals surface area contributed by atoms with Crippen LogP contribution in [-0.2, 0) is 0 Å². The van der Waals surface area contributed by atoms with Crippen molar-refractivity contribution in [1.82, 2.24) is 0 Å². The normalized spacial score (nSPS) is 51.2. The predicted octanol–water partition coefficient (Wildman–Crippen LogP) is 8.92. The zero-order valence-corrected chi connectivity index (χ0v) is 25.0. The molecule has 0 aromatic carbocycles. The molecule has 0 radical (unpaired) electrons. The van der Waals surface area contributed by atoms with Gasteiger partial charge in [0.05, 0.1) is 0 Å². The zero-order valence-electron chi connectivity index (χ0n) is 18.7. The van der Waals surface area contributed by atoms with E-state index >= 15 is 0 Å². The molecule has 0 aliphatic carbocycles. The van der Waals surface area contributed by atoms with Crippen molar-refractivity contribution in [3.8, 4) is 0 Å². The van der Waals surface area contributed by atoms with Crippen molar-refractivity contribution in [2.45, 2.75) is 97.5 Å². The van der Waals surface area contributed by atoms with E-state index in [1.54, 1.807) is 8.20 Å². The first kappa shape index (κ1) is 21.6. The molecule has 0 saturated carbocycles. The summed E-state index contributed by atoms with van der Waals surface area (Å²) in [5.41, 5.74) is 1.60. The van der Waals surface area contributed by atoms with Crippen molar-refractivity contribution in [1.29, 1.82) is 0 Å². The van der Waals surface area contributed by atoms with E-state index in [1.165, 1.54) is 8.27 Å². The van der Waals surface area contributed by atoms with Gasteiger partial charge < -0.3 is 0 Å². The Morgan fingerprint density at radius 1 is 0.846 bits per heavy atom. The third-order valence-corrected chi connectivity index (χ3v) is 48.5. The third kappa shape index (κ3) is 1.76. The summed E-state index contributed by atoms with van der Waals surface area (Å²) < 4.78 is 0.706. The molecule has 5 unspecified atom stereocenters. The molecule has 4 saturated heterocycles. The molecule has 148 valence electrons. The van der Waals surface area contributed by atoms with Gasteiger partial charge in [-0.3, -0.25) is 0 Å². The second kappa shape index (κ2) is 5.07. The first-order valence-electron chi connectivity index (χ1n) is 9.90. The van der Waals surface area contributed by atoms with Gasteiger partial charge in [-0.05, 0) is 0 Å². The van der Waals surface area contributed by atoms with Crippen LogP contribution < -0.4 is 0 Å². The summed E-state index contributed by atoms with van der Waals surface area (Å²) >= 11 is 4.18. The SMILES string of the molecule is CC(C)(C)C1=P[C@]2(C(C)(C)C)P3P4PC2(C(C)(C)C)[P+]1([Se-])[C@@]43C(C)(C)C. The molecule has 6 heteroatoms. The Labute approximate surface area is 176 Å². The minimum atomic E-state index is -1.31. The number of hydrogen-bond donors (Lipinski definition) is 0. The van der Waals surface area contributed by atoms with Crippen LogP contribution >= 0.6 is 37.3 Å². The molecule has 5 heterocycles. The average Bonchev–Trinajstić information content (AvgIpc) is 2.62. The van der Waals surface area contributed by atoms with E-state index in [4.69, 9.17) is 0 Å². The fourth-order valence-corrected chi connectivity index (χ4v) is 77.0. The number of hydrogen-bond acceptors (Lipinski definition) is 0. The average molecular weight is 511 g/mol. The summed E-state index contributed by atoms with van der Waals surface area (Å²) in [6, 6.07) is 0. The minimum absolute atomic E-state index is 0.183. The molecule has 0 aromatic rings. The molecule has 26 heavy (non-hydrogen) atoms. The predicted molar refractivity (Wildman–Crippen MR) is 133 cm³/mol. The standard InChI is InChI=1S/C20H37P5Se/c1-14(2,3)13-21-18(15(4,5)6)19(16(7,8)9)22-24-20(23(18)24,17(10,11)12)25(13,19)26/h22H,1-12H3/t18-,19?,20-,23?,24?,25?/m1/s1. The first-order valence-corrected chi connectivity index (χ1v) is 20.0.